The first-order valence-electron chi connectivity index (χ1n) is 7.79. The zero-order valence-corrected chi connectivity index (χ0v) is 15.0. The van der Waals surface area contributed by atoms with Gasteiger partial charge in [-0.15, -0.1) is 0 Å². The normalized spacial score (nSPS) is 10.7. The van der Waals surface area contributed by atoms with Crippen molar-refractivity contribution in [3.05, 3.63) is 52.7 Å². The van der Waals surface area contributed by atoms with Gasteiger partial charge in [0.05, 0.1) is 17.8 Å². The summed E-state index contributed by atoms with van der Waals surface area (Å²) in [6.45, 7) is 3.76. The Balaban J connectivity index is 1.89. The van der Waals surface area contributed by atoms with E-state index in [1.165, 1.54) is 4.90 Å². The van der Waals surface area contributed by atoms with E-state index in [1.807, 2.05) is 30.3 Å². The highest BCUT2D eigenvalue weighted by Crippen LogP contribution is 2.27. The highest BCUT2D eigenvalue weighted by atomic mass is 32.1. The summed E-state index contributed by atoms with van der Waals surface area (Å²) in [7, 11) is 1.62. The molecule has 0 bridgehead atoms. The van der Waals surface area contributed by atoms with Crippen LogP contribution < -0.4 is 4.90 Å². The molecule has 0 fully saturated rings. The van der Waals surface area contributed by atoms with Crippen LogP contribution in [0.5, 0.6) is 0 Å². The second-order valence-electron chi connectivity index (χ2n) is 5.38. The van der Waals surface area contributed by atoms with Crippen LogP contribution in [-0.2, 0) is 4.74 Å². The number of carbonyl (C=O) groups is 2. The van der Waals surface area contributed by atoms with Gasteiger partial charge >= 0.3 is 5.97 Å². The first-order valence-corrected chi connectivity index (χ1v) is 8.61. The molecule has 3 rings (SSSR count). The van der Waals surface area contributed by atoms with Crippen LogP contribution in [-0.4, -0.2) is 35.5 Å². The third-order valence-electron chi connectivity index (χ3n) is 3.66. The molecule has 0 aliphatic carbocycles. The van der Waals surface area contributed by atoms with E-state index in [9.17, 15) is 9.59 Å². The van der Waals surface area contributed by atoms with Crippen LogP contribution >= 0.6 is 11.3 Å². The molecule has 128 valence electrons. The van der Waals surface area contributed by atoms with Gasteiger partial charge in [-0.2, -0.15) is 0 Å². The average molecular weight is 355 g/mol. The number of hydrogen-bond donors (Lipinski definition) is 0. The molecule has 1 aromatic carbocycles. The van der Waals surface area contributed by atoms with Crippen molar-refractivity contribution in [2.24, 2.45) is 0 Å². The molecule has 2 heterocycles. The van der Waals surface area contributed by atoms with Crippen LogP contribution in [0.1, 0.15) is 32.8 Å². The zero-order chi connectivity index (χ0) is 18.0. The molecular formula is C18H17N3O3S. The number of rotatable bonds is 4. The van der Waals surface area contributed by atoms with Crippen LogP contribution in [0.15, 0.2) is 36.4 Å². The molecule has 0 N–H and O–H groups in total. The third kappa shape index (κ3) is 3.36. The molecular weight excluding hydrogens is 338 g/mol. The van der Waals surface area contributed by atoms with Gasteiger partial charge < -0.3 is 4.74 Å². The van der Waals surface area contributed by atoms with Gasteiger partial charge in [0.2, 0.25) is 0 Å². The number of anilines is 1. The smallest absolute Gasteiger partial charge is 0.350 e. The number of benzene rings is 1. The van der Waals surface area contributed by atoms with E-state index in [2.05, 4.69) is 9.97 Å². The summed E-state index contributed by atoms with van der Waals surface area (Å²) in [5, 5.41) is 1.40. The van der Waals surface area contributed by atoms with Crippen LogP contribution in [0.3, 0.4) is 0 Å². The van der Waals surface area contributed by atoms with Gasteiger partial charge in [-0.25, -0.2) is 14.8 Å². The van der Waals surface area contributed by atoms with Crippen molar-refractivity contribution in [3.8, 4) is 0 Å². The second-order valence-corrected chi connectivity index (χ2v) is 6.36. The van der Waals surface area contributed by atoms with Gasteiger partial charge in [0.25, 0.3) is 5.91 Å². The van der Waals surface area contributed by atoms with E-state index in [0.717, 1.165) is 22.2 Å². The monoisotopic (exact) mass is 355 g/mol. The molecule has 3 aromatic rings. The summed E-state index contributed by atoms with van der Waals surface area (Å²) in [6.07, 6.45) is 0. The number of amides is 1. The molecule has 0 unspecified atom stereocenters. The standard InChI is InChI=1S/C18H17N3O3S/c1-4-24-17(23)15-11(2)19-18(25-15)21(3)16(22)14-10-9-12-7-5-6-8-13(12)20-14/h5-10H,4H2,1-3H3. The summed E-state index contributed by atoms with van der Waals surface area (Å²) >= 11 is 1.13. The SMILES string of the molecule is CCOC(=O)c1sc(N(C)C(=O)c2ccc3ccccc3n2)nc1C. The van der Waals surface area contributed by atoms with E-state index in [4.69, 9.17) is 4.74 Å². The number of hydrogen-bond acceptors (Lipinski definition) is 6. The molecule has 2 aromatic heterocycles. The summed E-state index contributed by atoms with van der Waals surface area (Å²) in [4.78, 5) is 35.2. The van der Waals surface area contributed by atoms with Crippen LogP contribution in [0.2, 0.25) is 0 Å². The van der Waals surface area contributed by atoms with Crippen molar-refractivity contribution < 1.29 is 14.3 Å². The molecule has 7 heteroatoms. The Morgan fingerprint density at radius 3 is 2.68 bits per heavy atom. The van der Waals surface area contributed by atoms with Crippen LogP contribution in [0, 0.1) is 6.92 Å². The lowest BCUT2D eigenvalue weighted by Gasteiger charge is -2.13. The van der Waals surface area contributed by atoms with Gasteiger partial charge in [0.1, 0.15) is 10.6 Å². The molecule has 0 aliphatic rings. The van der Waals surface area contributed by atoms with Crippen molar-refractivity contribution in [1.82, 2.24) is 9.97 Å². The lowest BCUT2D eigenvalue weighted by molar-refractivity contribution is 0.0531. The number of para-hydroxylation sites is 1. The number of ether oxygens (including phenoxy) is 1. The van der Waals surface area contributed by atoms with Crippen LogP contribution in [0.25, 0.3) is 10.9 Å². The number of nitrogens with zero attached hydrogens (tertiary/aromatic N) is 3. The highest BCUT2D eigenvalue weighted by Gasteiger charge is 2.22. The Bertz CT molecular complexity index is 952. The number of thiazole rings is 1. The molecule has 0 radical (unpaired) electrons. The molecule has 1 amide bonds. The number of carbonyl (C=O) groups excluding carboxylic acids is 2. The Kier molecular flexibility index (Phi) is 4.76. The van der Waals surface area contributed by atoms with E-state index in [0.29, 0.717) is 28.0 Å². The van der Waals surface area contributed by atoms with Crippen LogP contribution in [0.4, 0.5) is 5.13 Å². The highest BCUT2D eigenvalue weighted by molar-refractivity contribution is 7.17. The first-order chi connectivity index (χ1) is 12.0. The van der Waals surface area contributed by atoms with Crippen molar-refractivity contribution >= 4 is 39.2 Å². The van der Waals surface area contributed by atoms with Gasteiger partial charge in [-0.1, -0.05) is 35.6 Å². The molecule has 6 nitrogen and oxygen atoms in total. The summed E-state index contributed by atoms with van der Waals surface area (Å²) in [6, 6.07) is 11.2. The molecule has 0 saturated carbocycles. The minimum absolute atomic E-state index is 0.282. The van der Waals surface area contributed by atoms with Crippen molar-refractivity contribution in [1.29, 1.82) is 0 Å². The van der Waals surface area contributed by atoms with Crippen molar-refractivity contribution in [2.75, 3.05) is 18.6 Å². The van der Waals surface area contributed by atoms with Crippen molar-refractivity contribution in [3.63, 3.8) is 0 Å². The maximum absolute atomic E-state index is 12.7. The fourth-order valence-corrected chi connectivity index (χ4v) is 3.28. The average Bonchev–Trinajstić information content (AvgIpc) is 3.02. The number of esters is 1. The second kappa shape index (κ2) is 6.98. The summed E-state index contributed by atoms with van der Waals surface area (Å²) in [5.41, 5.74) is 1.63. The fourth-order valence-electron chi connectivity index (χ4n) is 2.36. The maximum atomic E-state index is 12.7. The first kappa shape index (κ1) is 17.0. The van der Waals surface area contributed by atoms with Gasteiger partial charge in [0.15, 0.2) is 5.13 Å². The van der Waals surface area contributed by atoms with E-state index >= 15 is 0 Å². The predicted molar refractivity (Wildman–Crippen MR) is 97.3 cm³/mol. The lowest BCUT2D eigenvalue weighted by atomic mass is 10.2. The number of pyridine rings is 1. The fraction of sp³-hybridized carbons (Fsp3) is 0.222. The number of aromatic nitrogens is 2. The van der Waals surface area contributed by atoms with E-state index < -0.39 is 5.97 Å². The number of aryl methyl sites for hydroxylation is 1. The van der Waals surface area contributed by atoms with Gasteiger partial charge in [0, 0.05) is 12.4 Å². The van der Waals surface area contributed by atoms with E-state index in [1.54, 1.807) is 27.0 Å². The Labute approximate surface area is 149 Å². The minimum Gasteiger partial charge on any atom is -0.462 e. The largest absolute Gasteiger partial charge is 0.462 e. The molecule has 0 saturated heterocycles. The summed E-state index contributed by atoms with van der Waals surface area (Å²) in [5.74, 6) is -0.705. The topological polar surface area (TPSA) is 72.4 Å². The van der Waals surface area contributed by atoms with E-state index in [-0.39, 0.29) is 5.91 Å². The molecule has 0 atom stereocenters. The van der Waals surface area contributed by atoms with Gasteiger partial charge in [-0.3, -0.25) is 9.69 Å². The number of fused-ring (bicyclic) bond motifs is 1. The summed E-state index contributed by atoms with van der Waals surface area (Å²) < 4.78 is 5.01. The Hall–Kier alpha value is -2.80. The molecule has 25 heavy (non-hydrogen) atoms. The maximum Gasteiger partial charge on any atom is 0.350 e. The molecule has 0 spiro atoms. The quantitative estimate of drug-likeness (QED) is 0.670. The van der Waals surface area contributed by atoms with Crippen molar-refractivity contribution in [2.45, 2.75) is 13.8 Å². The minimum atomic E-state index is -0.423. The molecule has 0 aliphatic heterocycles. The Morgan fingerprint density at radius 2 is 1.92 bits per heavy atom. The predicted octanol–water partition coefficient (Wildman–Crippen LogP) is 3.45. The third-order valence-corrected chi connectivity index (χ3v) is 4.87. The Morgan fingerprint density at radius 1 is 1.16 bits per heavy atom. The lowest BCUT2D eigenvalue weighted by Crippen LogP contribution is -2.27. The zero-order valence-electron chi connectivity index (χ0n) is 14.1. The van der Waals surface area contributed by atoms with Gasteiger partial charge in [-0.05, 0) is 26.0 Å².